The van der Waals surface area contributed by atoms with Crippen molar-refractivity contribution in [1.82, 2.24) is 15.3 Å². The van der Waals surface area contributed by atoms with E-state index in [9.17, 15) is 0 Å². The summed E-state index contributed by atoms with van der Waals surface area (Å²) < 4.78 is 5.44. The monoisotopic (exact) mass is 243 g/mol. The molecule has 4 nitrogen and oxygen atoms in total. The molecule has 18 heavy (non-hydrogen) atoms. The Morgan fingerprint density at radius 1 is 1.11 bits per heavy atom. The summed E-state index contributed by atoms with van der Waals surface area (Å²) in [6.07, 6.45) is 5.83. The van der Waals surface area contributed by atoms with E-state index in [-0.39, 0.29) is 0 Å². The summed E-state index contributed by atoms with van der Waals surface area (Å²) >= 11 is 0. The summed E-state index contributed by atoms with van der Waals surface area (Å²) in [5.41, 5.74) is 1.30. The fraction of sp³-hybridized carbons (Fsp3) is 0.286. The van der Waals surface area contributed by atoms with E-state index in [0.717, 1.165) is 19.5 Å². The van der Waals surface area contributed by atoms with E-state index in [1.807, 2.05) is 18.2 Å². The van der Waals surface area contributed by atoms with Crippen LogP contribution in [0.3, 0.4) is 0 Å². The van der Waals surface area contributed by atoms with Gasteiger partial charge in [-0.1, -0.05) is 30.3 Å². The highest BCUT2D eigenvalue weighted by Crippen LogP contribution is 2.01. The zero-order valence-corrected chi connectivity index (χ0v) is 10.2. The standard InChI is InChI=1S/C14H17N3O/c1-2-5-13(6-3-1)11-15-7-4-10-18-14-12-16-8-9-17-14/h1-3,5-6,8-9,12,15H,4,7,10-11H2. The number of hydrogen-bond acceptors (Lipinski definition) is 4. The molecule has 0 atom stereocenters. The molecule has 0 unspecified atom stereocenters. The minimum atomic E-state index is 0.584. The van der Waals surface area contributed by atoms with Gasteiger partial charge in [-0.15, -0.1) is 0 Å². The first-order valence-corrected chi connectivity index (χ1v) is 6.08. The molecule has 0 aliphatic heterocycles. The van der Waals surface area contributed by atoms with Gasteiger partial charge in [-0.25, -0.2) is 4.98 Å². The number of aromatic nitrogens is 2. The van der Waals surface area contributed by atoms with E-state index in [1.165, 1.54) is 5.56 Å². The van der Waals surface area contributed by atoms with Crippen molar-refractivity contribution in [3.63, 3.8) is 0 Å². The van der Waals surface area contributed by atoms with Gasteiger partial charge in [-0.3, -0.25) is 4.98 Å². The molecule has 0 radical (unpaired) electrons. The highest BCUT2D eigenvalue weighted by molar-refractivity contribution is 5.14. The third-order valence-corrected chi connectivity index (χ3v) is 2.46. The van der Waals surface area contributed by atoms with Crippen LogP contribution in [0.25, 0.3) is 0 Å². The largest absolute Gasteiger partial charge is 0.477 e. The second kappa shape index (κ2) is 7.40. The summed E-state index contributed by atoms with van der Waals surface area (Å²) in [7, 11) is 0. The van der Waals surface area contributed by atoms with Crippen molar-refractivity contribution in [2.24, 2.45) is 0 Å². The molecule has 0 fully saturated rings. The lowest BCUT2D eigenvalue weighted by molar-refractivity contribution is 0.295. The van der Waals surface area contributed by atoms with Crippen LogP contribution in [-0.2, 0) is 6.54 Å². The van der Waals surface area contributed by atoms with E-state index < -0.39 is 0 Å². The summed E-state index contributed by atoms with van der Waals surface area (Å²) in [5.74, 6) is 0.584. The molecular weight excluding hydrogens is 226 g/mol. The van der Waals surface area contributed by atoms with Gasteiger partial charge in [-0.05, 0) is 18.5 Å². The predicted octanol–water partition coefficient (Wildman–Crippen LogP) is 2.04. The van der Waals surface area contributed by atoms with Crippen LogP contribution in [0, 0.1) is 0 Å². The minimum absolute atomic E-state index is 0.584. The maximum atomic E-state index is 5.44. The lowest BCUT2D eigenvalue weighted by atomic mass is 10.2. The zero-order valence-electron chi connectivity index (χ0n) is 10.2. The van der Waals surface area contributed by atoms with Crippen molar-refractivity contribution in [2.75, 3.05) is 13.2 Å². The number of nitrogens with zero attached hydrogens (tertiary/aromatic N) is 2. The molecule has 2 aromatic rings. The molecule has 0 saturated heterocycles. The lowest BCUT2D eigenvalue weighted by Crippen LogP contribution is -2.17. The first-order chi connectivity index (χ1) is 8.95. The Morgan fingerprint density at radius 3 is 2.78 bits per heavy atom. The zero-order chi connectivity index (χ0) is 12.5. The van der Waals surface area contributed by atoms with Crippen molar-refractivity contribution in [2.45, 2.75) is 13.0 Å². The van der Waals surface area contributed by atoms with E-state index in [0.29, 0.717) is 12.5 Å². The van der Waals surface area contributed by atoms with Crippen molar-refractivity contribution >= 4 is 0 Å². The molecule has 2 rings (SSSR count). The van der Waals surface area contributed by atoms with Gasteiger partial charge in [0.15, 0.2) is 0 Å². The Labute approximate surface area is 107 Å². The van der Waals surface area contributed by atoms with Crippen LogP contribution in [0.1, 0.15) is 12.0 Å². The molecule has 1 N–H and O–H groups in total. The quantitative estimate of drug-likeness (QED) is 0.756. The van der Waals surface area contributed by atoms with Gasteiger partial charge in [0.05, 0.1) is 12.8 Å². The van der Waals surface area contributed by atoms with Crippen LogP contribution in [-0.4, -0.2) is 23.1 Å². The third-order valence-electron chi connectivity index (χ3n) is 2.46. The predicted molar refractivity (Wildman–Crippen MR) is 70.3 cm³/mol. The average molecular weight is 243 g/mol. The van der Waals surface area contributed by atoms with E-state index in [2.05, 4.69) is 27.4 Å². The maximum Gasteiger partial charge on any atom is 0.232 e. The van der Waals surface area contributed by atoms with Gasteiger partial charge in [0.2, 0.25) is 5.88 Å². The molecule has 0 aliphatic rings. The van der Waals surface area contributed by atoms with Crippen molar-refractivity contribution in [1.29, 1.82) is 0 Å². The Bertz CT molecular complexity index is 390. The second-order valence-electron chi connectivity index (χ2n) is 3.91. The van der Waals surface area contributed by atoms with Gasteiger partial charge < -0.3 is 10.1 Å². The Hall–Kier alpha value is -1.94. The highest BCUT2D eigenvalue weighted by atomic mass is 16.5. The fourth-order valence-corrected chi connectivity index (χ4v) is 1.56. The first kappa shape index (κ1) is 12.5. The van der Waals surface area contributed by atoms with Crippen molar-refractivity contribution in [3.05, 3.63) is 54.5 Å². The molecule has 94 valence electrons. The fourth-order valence-electron chi connectivity index (χ4n) is 1.56. The lowest BCUT2D eigenvalue weighted by Gasteiger charge is -2.06. The Morgan fingerprint density at radius 2 is 2.00 bits per heavy atom. The Balaban J connectivity index is 1.54. The van der Waals surface area contributed by atoms with Gasteiger partial charge in [0.25, 0.3) is 0 Å². The minimum Gasteiger partial charge on any atom is -0.477 e. The van der Waals surface area contributed by atoms with E-state index >= 15 is 0 Å². The van der Waals surface area contributed by atoms with Gasteiger partial charge in [0.1, 0.15) is 0 Å². The van der Waals surface area contributed by atoms with Gasteiger partial charge in [0, 0.05) is 18.9 Å². The first-order valence-electron chi connectivity index (χ1n) is 6.08. The third kappa shape index (κ3) is 4.51. The normalized spacial score (nSPS) is 10.2. The van der Waals surface area contributed by atoms with Gasteiger partial charge >= 0.3 is 0 Å². The molecule has 1 aromatic heterocycles. The van der Waals surface area contributed by atoms with E-state index in [4.69, 9.17) is 4.74 Å². The topological polar surface area (TPSA) is 47.0 Å². The van der Waals surface area contributed by atoms with Crippen LogP contribution in [0.4, 0.5) is 0 Å². The maximum absolute atomic E-state index is 5.44. The van der Waals surface area contributed by atoms with Crippen LogP contribution in [0.2, 0.25) is 0 Å². The number of ether oxygens (including phenoxy) is 1. The number of nitrogens with one attached hydrogen (secondary N) is 1. The van der Waals surface area contributed by atoms with Gasteiger partial charge in [-0.2, -0.15) is 0 Å². The van der Waals surface area contributed by atoms with Crippen molar-refractivity contribution in [3.8, 4) is 5.88 Å². The molecule has 0 aliphatic carbocycles. The van der Waals surface area contributed by atoms with Crippen LogP contribution in [0.15, 0.2) is 48.9 Å². The molecule has 0 amide bonds. The number of hydrogen-bond donors (Lipinski definition) is 1. The smallest absolute Gasteiger partial charge is 0.232 e. The van der Waals surface area contributed by atoms with Crippen LogP contribution < -0.4 is 10.1 Å². The molecule has 1 aromatic carbocycles. The second-order valence-corrected chi connectivity index (χ2v) is 3.91. The Kier molecular flexibility index (Phi) is 5.14. The SMILES string of the molecule is c1ccc(CNCCCOc2cnccn2)cc1. The summed E-state index contributed by atoms with van der Waals surface area (Å²) in [6.45, 7) is 2.47. The number of rotatable bonds is 7. The average Bonchev–Trinajstić information content (AvgIpc) is 2.45. The molecule has 1 heterocycles. The van der Waals surface area contributed by atoms with E-state index in [1.54, 1.807) is 18.6 Å². The summed E-state index contributed by atoms with van der Waals surface area (Å²) in [6, 6.07) is 10.4. The molecular formula is C14H17N3O. The molecule has 4 heteroatoms. The van der Waals surface area contributed by atoms with Crippen molar-refractivity contribution < 1.29 is 4.74 Å². The molecule has 0 spiro atoms. The number of benzene rings is 1. The van der Waals surface area contributed by atoms with Crippen LogP contribution in [0.5, 0.6) is 5.88 Å². The molecule has 0 saturated carbocycles. The summed E-state index contributed by atoms with van der Waals surface area (Å²) in [4.78, 5) is 7.98. The molecule has 0 bridgehead atoms. The van der Waals surface area contributed by atoms with Crippen LogP contribution >= 0.6 is 0 Å². The summed E-state index contributed by atoms with van der Waals surface area (Å²) in [5, 5.41) is 3.37. The highest BCUT2D eigenvalue weighted by Gasteiger charge is 1.94.